The molecule has 1 saturated heterocycles. The summed E-state index contributed by atoms with van der Waals surface area (Å²) >= 11 is 3.32. The Hall–Kier alpha value is -2.95. The highest BCUT2D eigenvalue weighted by molar-refractivity contribution is 9.10. The Morgan fingerprint density at radius 1 is 1.09 bits per heavy atom. The molecule has 2 unspecified atom stereocenters. The van der Waals surface area contributed by atoms with Crippen LogP contribution in [-0.2, 0) is 16.0 Å². The third-order valence-electron chi connectivity index (χ3n) is 7.28. The molecule has 1 fully saturated rings. The molecule has 2 heterocycles. The predicted molar refractivity (Wildman–Crippen MR) is 166 cm³/mol. The second kappa shape index (κ2) is 15.7. The van der Waals surface area contributed by atoms with Gasteiger partial charge in [0.05, 0.1) is 44.2 Å². The van der Waals surface area contributed by atoms with E-state index in [0.29, 0.717) is 47.5 Å². The Bertz CT molecular complexity index is 1390. The van der Waals surface area contributed by atoms with E-state index in [4.69, 9.17) is 14.6 Å². The number of likely N-dealkylation sites (tertiary alicyclic amines) is 1. The van der Waals surface area contributed by atoms with E-state index in [1.54, 1.807) is 36.4 Å². The van der Waals surface area contributed by atoms with E-state index in [9.17, 15) is 18.3 Å². The van der Waals surface area contributed by atoms with Crippen molar-refractivity contribution >= 4 is 38.2 Å². The molecule has 4 N–H and O–H groups in total. The lowest BCUT2D eigenvalue weighted by atomic mass is 9.89. The van der Waals surface area contributed by atoms with E-state index >= 15 is 0 Å². The van der Waals surface area contributed by atoms with Crippen LogP contribution in [0.25, 0.3) is 10.9 Å². The number of nitrogens with zero attached hydrogens (tertiary/aromatic N) is 2. The van der Waals surface area contributed by atoms with Gasteiger partial charge in [0.1, 0.15) is 12.3 Å². The van der Waals surface area contributed by atoms with Crippen LogP contribution < -0.4 is 10.6 Å². The van der Waals surface area contributed by atoms with Crippen molar-refractivity contribution in [2.45, 2.75) is 31.6 Å². The molecule has 0 radical (unpaired) electrons. The van der Waals surface area contributed by atoms with Crippen molar-refractivity contribution in [3.05, 3.63) is 52.6 Å². The lowest BCUT2D eigenvalue weighted by Crippen LogP contribution is -2.45. The minimum Gasteiger partial charge on any atom is -0.508 e. The lowest BCUT2D eigenvalue weighted by Gasteiger charge is -2.38. The first-order valence-electron chi connectivity index (χ1n) is 14.3. The van der Waals surface area contributed by atoms with E-state index < -0.39 is 12.7 Å². The van der Waals surface area contributed by atoms with Crippen LogP contribution in [0.2, 0.25) is 0 Å². The summed E-state index contributed by atoms with van der Waals surface area (Å²) in [5.41, 5.74) is 2.16. The van der Waals surface area contributed by atoms with Gasteiger partial charge in [0.25, 0.3) is 0 Å². The van der Waals surface area contributed by atoms with Gasteiger partial charge in [-0.15, -0.1) is 0 Å². The molecule has 0 spiro atoms. The Labute approximate surface area is 258 Å². The van der Waals surface area contributed by atoms with Gasteiger partial charge in [-0.3, -0.25) is 0 Å². The topological polar surface area (TPSA) is 91.2 Å². The van der Waals surface area contributed by atoms with Gasteiger partial charge < -0.3 is 39.8 Å². The zero-order valence-electron chi connectivity index (χ0n) is 24.1. The molecule has 0 amide bonds. The van der Waals surface area contributed by atoms with Crippen LogP contribution in [0.3, 0.4) is 0 Å². The SMILES string of the molecule is CN1CCC(Nc2cccc3c2cc(C#CCNc2cc(O)cc(Br)c2)n3CC(F)(F)F)C(CCOCCOCCO)C1. The number of anilines is 2. The molecule has 3 aromatic rings. The van der Waals surface area contributed by atoms with E-state index in [1.165, 1.54) is 4.57 Å². The van der Waals surface area contributed by atoms with Crippen LogP contribution in [-0.4, -0.2) is 91.6 Å². The molecule has 0 aliphatic carbocycles. The second-order valence-electron chi connectivity index (χ2n) is 10.6. The van der Waals surface area contributed by atoms with Gasteiger partial charge in [0, 0.05) is 46.5 Å². The Morgan fingerprint density at radius 3 is 2.63 bits per heavy atom. The number of benzene rings is 2. The summed E-state index contributed by atoms with van der Waals surface area (Å²) in [6.07, 6.45) is -2.70. The molecule has 0 saturated carbocycles. The molecule has 43 heavy (non-hydrogen) atoms. The molecular weight excluding hydrogens is 629 g/mol. The van der Waals surface area contributed by atoms with Crippen LogP contribution in [0.15, 0.2) is 46.9 Å². The molecule has 8 nitrogen and oxygen atoms in total. The fraction of sp³-hybridized carbons (Fsp3) is 0.484. The van der Waals surface area contributed by atoms with Crippen LogP contribution in [0, 0.1) is 17.8 Å². The number of halogens is 4. The number of aliphatic hydroxyl groups is 1. The monoisotopic (exact) mass is 666 g/mol. The standard InChI is InChI=1S/C31H38BrF3N4O4/c1-38-10-7-28(22(20-38)8-12-42-14-15-43-13-11-40)37-29-5-2-6-30-27(29)19-25(39(30)21-31(33,34)35)4-3-9-36-24-16-23(32)17-26(41)18-24/h2,5-6,16-19,22,28,36-37,40-41H,7-15,20-21H2,1H3. The Kier molecular flexibility index (Phi) is 12.0. The van der Waals surface area contributed by atoms with Gasteiger partial charge in [-0.2, -0.15) is 13.2 Å². The maximum absolute atomic E-state index is 13.6. The quantitative estimate of drug-likeness (QED) is 0.146. The van der Waals surface area contributed by atoms with Crippen molar-refractivity contribution in [3.8, 4) is 17.6 Å². The summed E-state index contributed by atoms with van der Waals surface area (Å²) in [5.74, 6) is 6.22. The van der Waals surface area contributed by atoms with Gasteiger partial charge >= 0.3 is 6.18 Å². The third-order valence-corrected chi connectivity index (χ3v) is 7.74. The van der Waals surface area contributed by atoms with E-state index in [2.05, 4.69) is 50.4 Å². The highest BCUT2D eigenvalue weighted by atomic mass is 79.9. The van der Waals surface area contributed by atoms with Crippen molar-refractivity contribution < 1.29 is 32.9 Å². The number of aromatic nitrogens is 1. The van der Waals surface area contributed by atoms with Crippen molar-refractivity contribution in [3.63, 3.8) is 0 Å². The second-order valence-corrected chi connectivity index (χ2v) is 11.5. The summed E-state index contributed by atoms with van der Waals surface area (Å²) in [4.78, 5) is 2.28. The number of ether oxygens (including phenoxy) is 2. The fourth-order valence-electron chi connectivity index (χ4n) is 5.34. The maximum Gasteiger partial charge on any atom is 0.406 e. The van der Waals surface area contributed by atoms with Crippen molar-refractivity contribution in [2.75, 3.05) is 70.3 Å². The minimum atomic E-state index is -4.42. The molecule has 234 valence electrons. The molecule has 2 aromatic carbocycles. The van der Waals surface area contributed by atoms with Gasteiger partial charge in [0.2, 0.25) is 0 Å². The minimum absolute atomic E-state index is 0.0158. The Balaban J connectivity index is 1.51. The van der Waals surface area contributed by atoms with E-state index in [0.717, 1.165) is 31.6 Å². The number of alkyl halides is 3. The normalized spacial score (nSPS) is 17.5. The first-order valence-corrected chi connectivity index (χ1v) is 15.0. The summed E-state index contributed by atoms with van der Waals surface area (Å²) in [7, 11) is 2.09. The number of aromatic hydroxyl groups is 1. The molecule has 2 atom stereocenters. The summed E-state index contributed by atoms with van der Waals surface area (Å²) in [6.45, 7) is 2.56. The average Bonchev–Trinajstić information content (AvgIpc) is 3.28. The van der Waals surface area contributed by atoms with Gasteiger partial charge in [-0.25, -0.2) is 0 Å². The summed E-state index contributed by atoms with van der Waals surface area (Å²) < 4.78 is 53.8. The summed E-state index contributed by atoms with van der Waals surface area (Å²) in [5, 5.41) is 26.0. The number of hydrogen-bond donors (Lipinski definition) is 4. The summed E-state index contributed by atoms with van der Waals surface area (Å²) in [6, 6.07) is 12.1. The largest absolute Gasteiger partial charge is 0.508 e. The molecule has 0 bridgehead atoms. The van der Waals surface area contributed by atoms with E-state index in [-0.39, 0.29) is 36.6 Å². The third kappa shape index (κ3) is 10.0. The number of phenols is 1. The number of hydrogen-bond acceptors (Lipinski definition) is 7. The number of aliphatic hydroxyl groups excluding tert-OH is 1. The highest BCUT2D eigenvalue weighted by Crippen LogP contribution is 2.32. The molecular formula is C31H38BrF3N4O4. The van der Waals surface area contributed by atoms with Crippen LogP contribution >= 0.6 is 15.9 Å². The van der Waals surface area contributed by atoms with Crippen molar-refractivity contribution in [2.24, 2.45) is 5.92 Å². The lowest BCUT2D eigenvalue weighted by molar-refractivity contribution is -0.140. The van der Waals surface area contributed by atoms with Crippen LogP contribution in [0.4, 0.5) is 24.5 Å². The van der Waals surface area contributed by atoms with E-state index in [1.807, 2.05) is 6.07 Å². The molecule has 12 heteroatoms. The number of fused-ring (bicyclic) bond motifs is 1. The number of rotatable bonds is 13. The smallest absolute Gasteiger partial charge is 0.406 e. The molecule has 1 aliphatic rings. The first kappa shape index (κ1) is 33.0. The molecule has 1 aliphatic heterocycles. The number of piperidine rings is 1. The van der Waals surface area contributed by atoms with Gasteiger partial charge in [-0.05, 0) is 68.6 Å². The van der Waals surface area contributed by atoms with Crippen molar-refractivity contribution in [1.82, 2.24) is 9.47 Å². The molecule has 4 rings (SSSR count). The van der Waals surface area contributed by atoms with Crippen LogP contribution in [0.5, 0.6) is 5.75 Å². The highest BCUT2D eigenvalue weighted by Gasteiger charge is 2.31. The fourth-order valence-corrected chi connectivity index (χ4v) is 5.82. The average molecular weight is 668 g/mol. The number of phenolic OH excluding ortho intramolecular Hbond substituents is 1. The molecule has 1 aromatic heterocycles. The number of nitrogens with one attached hydrogen (secondary N) is 2. The maximum atomic E-state index is 13.6. The Morgan fingerprint density at radius 2 is 1.88 bits per heavy atom. The zero-order valence-corrected chi connectivity index (χ0v) is 25.7. The zero-order chi connectivity index (χ0) is 30.8. The predicted octanol–water partition coefficient (Wildman–Crippen LogP) is 5.28. The first-order chi connectivity index (χ1) is 20.6. The van der Waals surface area contributed by atoms with Crippen LogP contribution in [0.1, 0.15) is 18.5 Å². The van der Waals surface area contributed by atoms with Gasteiger partial charge in [-0.1, -0.05) is 27.9 Å². The van der Waals surface area contributed by atoms with Gasteiger partial charge in [0.15, 0.2) is 0 Å². The van der Waals surface area contributed by atoms with Crippen molar-refractivity contribution in [1.29, 1.82) is 0 Å².